The minimum absolute atomic E-state index is 0.256. The van der Waals surface area contributed by atoms with E-state index in [4.69, 9.17) is 0 Å². The van der Waals surface area contributed by atoms with E-state index in [1.165, 1.54) is 0 Å². The largest absolute Gasteiger partial charge is 0.348 e. The van der Waals surface area contributed by atoms with Crippen molar-refractivity contribution in [2.75, 3.05) is 5.32 Å². The molecule has 2 N–H and O–H groups in total. The quantitative estimate of drug-likeness (QED) is 0.572. The Labute approximate surface area is 165 Å². The van der Waals surface area contributed by atoms with Gasteiger partial charge in [-0.15, -0.1) is 0 Å². The summed E-state index contributed by atoms with van der Waals surface area (Å²) in [5.41, 5.74) is 2.33. The molecule has 26 heavy (non-hydrogen) atoms. The second-order valence-electron chi connectivity index (χ2n) is 5.55. The van der Waals surface area contributed by atoms with E-state index in [1.54, 1.807) is 48.8 Å². The average Bonchev–Trinajstić information content (AvgIpc) is 2.68. The lowest BCUT2D eigenvalue weighted by atomic mass is 10.1. The topological polar surface area (TPSA) is 71.1 Å². The van der Waals surface area contributed by atoms with E-state index in [0.29, 0.717) is 23.4 Å². The first-order valence-corrected chi connectivity index (χ1v) is 9.04. The first kappa shape index (κ1) is 18.1. The molecule has 5 nitrogen and oxygen atoms in total. The molecule has 0 spiro atoms. The van der Waals surface area contributed by atoms with E-state index < -0.39 is 0 Å². The molecule has 2 aromatic carbocycles. The van der Waals surface area contributed by atoms with Crippen LogP contribution in [0.3, 0.4) is 0 Å². The zero-order valence-corrected chi connectivity index (χ0v) is 15.9. The molecule has 0 aliphatic heterocycles. The lowest BCUT2D eigenvalue weighted by Crippen LogP contribution is -2.25. The number of amides is 2. The van der Waals surface area contributed by atoms with Crippen molar-refractivity contribution in [2.45, 2.75) is 6.54 Å². The molecule has 0 unspecified atom stereocenters. The Kier molecular flexibility index (Phi) is 5.96. The summed E-state index contributed by atoms with van der Waals surface area (Å²) >= 11 is 2.18. The van der Waals surface area contributed by atoms with Crippen molar-refractivity contribution in [1.82, 2.24) is 10.3 Å². The highest BCUT2D eigenvalue weighted by Gasteiger charge is 2.14. The molecule has 0 aliphatic carbocycles. The molecule has 130 valence electrons. The summed E-state index contributed by atoms with van der Waals surface area (Å²) in [5.74, 6) is -0.513. The van der Waals surface area contributed by atoms with E-state index in [9.17, 15) is 9.59 Å². The molecule has 0 atom stereocenters. The first-order chi connectivity index (χ1) is 12.6. The summed E-state index contributed by atoms with van der Waals surface area (Å²) in [4.78, 5) is 29.0. The van der Waals surface area contributed by atoms with Gasteiger partial charge in [0.25, 0.3) is 11.8 Å². The van der Waals surface area contributed by atoms with Crippen LogP contribution < -0.4 is 10.6 Å². The SMILES string of the molecule is O=C(Nc1ccccc1C(=O)NCc1cccnc1)c1ccc(I)cc1. The highest BCUT2D eigenvalue weighted by molar-refractivity contribution is 14.1. The number of carbonyl (C=O) groups excluding carboxylic acids is 2. The lowest BCUT2D eigenvalue weighted by molar-refractivity contribution is 0.0951. The van der Waals surface area contributed by atoms with Gasteiger partial charge in [-0.3, -0.25) is 14.6 Å². The van der Waals surface area contributed by atoms with Gasteiger partial charge < -0.3 is 10.6 Å². The molecule has 6 heteroatoms. The fourth-order valence-corrected chi connectivity index (χ4v) is 2.73. The smallest absolute Gasteiger partial charge is 0.255 e. The van der Waals surface area contributed by atoms with Gasteiger partial charge >= 0.3 is 0 Å². The summed E-state index contributed by atoms with van der Waals surface area (Å²) in [6, 6.07) is 17.9. The molecule has 1 aromatic heterocycles. The standard InChI is InChI=1S/C20H16IN3O2/c21-16-9-7-15(8-10-16)19(25)24-18-6-2-1-5-17(18)20(26)23-13-14-4-3-11-22-12-14/h1-12H,13H2,(H,23,26)(H,24,25). The molecule has 0 fully saturated rings. The van der Waals surface area contributed by atoms with Gasteiger partial charge in [0.05, 0.1) is 11.3 Å². The van der Waals surface area contributed by atoms with Crippen molar-refractivity contribution in [3.05, 3.63) is 93.3 Å². The fraction of sp³-hybridized carbons (Fsp3) is 0.0500. The van der Waals surface area contributed by atoms with Gasteiger partial charge in [0.1, 0.15) is 0 Å². The van der Waals surface area contributed by atoms with Crippen LogP contribution in [-0.4, -0.2) is 16.8 Å². The van der Waals surface area contributed by atoms with Gasteiger partial charge in [-0.2, -0.15) is 0 Å². The maximum Gasteiger partial charge on any atom is 0.255 e. The van der Waals surface area contributed by atoms with Crippen LogP contribution >= 0.6 is 22.6 Å². The van der Waals surface area contributed by atoms with Crippen molar-refractivity contribution in [3.8, 4) is 0 Å². The number of carbonyl (C=O) groups is 2. The van der Waals surface area contributed by atoms with Crippen LogP contribution in [0.4, 0.5) is 5.69 Å². The van der Waals surface area contributed by atoms with E-state index in [2.05, 4.69) is 38.2 Å². The van der Waals surface area contributed by atoms with Gasteiger partial charge in [0.15, 0.2) is 0 Å². The summed E-state index contributed by atoms with van der Waals surface area (Å²) in [6.45, 7) is 0.367. The molecular formula is C20H16IN3O2. The Hall–Kier alpha value is -2.74. The number of anilines is 1. The molecule has 0 bridgehead atoms. The third kappa shape index (κ3) is 4.66. The van der Waals surface area contributed by atoms with Gasteiger partial charge in [0.2, 0.25) is 0 Å². The second kappa shape index (κ2) is 8.57. The van der Waals surface area contributed by atoms with E-state index in [1.807, 2.05) is 24.3 Å². The lowest BCUT2D eigenvalue weighted by Gasteiger charge is -2.11. The predicted octanol–water partition coefficient (Wildman–Crippen LogP) is 3.87. The number of hydrogen-bond donors (Lipinski definition) is 2. The first-order valence-electron chi connectivity index (χ1n) is 7.96. The van der Waals surface area contributed by atoms with E-state index in [0.717, 1.165) is 9.13 Å². The van der Waals surface area contributed by atoms with Gasteiger partial charge in [-0.1, -0.05) is 18.2 Å². The summed E-state index contributed by atoms with van der Waals surface area (Å²) in [7, 11) is 0. The van der Waals surface area contributed by atoms with Crippen molar-refractivity contribution in [3.63, 3.8) is 0 Å². The maximum atomic E-state index is 12.5. The normalized spacial score (nSPS) is 10.2. The number of pyridine rings is 1. The number of para-hydroxylation sites is 1. The molecule has 0 saturated carbocycles. The minimum Gasteiger partial charge on any atom is -0.348 e. The van der Waals surface area contributed by atoms with Crippen molar-refractivity contribution < 1.29 is 9.59 Å². The Balaban J connectivity index is 1.72. The number of halogens is 1. The monoisotopic (exact) mass is 457 g/mol. The van der Waals surface area contributed by atoms with Crippen LogP contribution in [0, 0.1) is 3.57 Å². The zero-order valence-electron chi connectivity index (χ0n) is 13.8. The van der Waals surface area contributed by atoms with Crippen LogP contribution in [-0.2, 0) is 6.54 Å². The number of aromatic nitrogens is 1. The Morgan fingerprint density at radius 3 is 2.42 bits per heavy atom. The highest BCUT2D eigenvalue weighted by atomic mass is 127. The zero-order chi connectivity index (χ0) is 18.4. The van der Waals surface area contributed by atoms with Crippen LogP contribution in [0.2, 0.25) is 0 Å². The Bertz CT molecular complexity index is 912. The van der Waals surface area contributed by atoms with E-state index >= 15 is 0 Å². The molecule has 1 heterocycles. The number of hydrogen-bond acceptors (Lipinski definition) is 3. The highest BCUT2D eigenvalue weighted by Crippen LogP contribution is 2.17. The Morgan fingerprint density at radius 2 is 1.69 bits per heavy atom. The van der Waals surface area contributed by atoms with Crippen LogP contribution in [0.5, 0.6) is 0 Å². The summed E-state index contributed by atoms with van der Waals surface area (Å²) in [5, 5.41) is 5.66. The molecule has 3 rings (SSSR count). The fourth-order valence-electron chi connectivity index (χ4n) is 2.37. The van der Waals surface area contributed by atoms with Crippen LogP contribution in [0.15, 0.2) is 73.1 Å². The van der Waals surface area contributed by atoms with Crippen molar-refractivity contribution >= 4 is 40.1 Å². The molecule has 0 aliphatic rings. The number of nitrogens with one attached hydrogen (secondary N) is 2. The van der Waals surface area contributed by atoms with Gasteiger partial charge in [-0.05, 0) is 70.6 Å². The third-order valence-electron chi connectivity index (χ3n) is 3.70. The third-order valence-corrected chi connectivity index (χ3v) is 4.42. The van der Waals surface area contributed by atoms with Crippen molar-refractivity contribution in [1.29, 1.82) is 0 Å². The molecule has 0 saturated heterocycles. The Morgan fingerprint density at radius 1 is 0.923 bits per heavy atom. The van der Waals surface area contributed by atoms with Crippen LogP contribution in [0.1, 0.15) is 26.3 Å². The number of benzene rings is 2. The van der Waals surface area contributed by atoms with Crippen LogP contribution in [0.25, 0.3) is 0 Å². The predicted molar refractivity (Wildman–Crippen MR) is 109 cm³/mol. The average molecular weight is 457 g/mol. The van der Waals surface area contributed by atoms with Gasteiger partial charge in [0, 0.05) is 28.1 Å². The van der Waals surface area contributed by atoms with Crippen molar-refractivity contribution in [2.24, 2.45) is 0 Å². The minimum atomic E-state index is -0.257. The molecular weight excluding hydrogens is 441 g/mol. The van der Waals surface area contributed by atoms with E-state index in [-0.39, 0.29) is 11.8 Å². The van der Waals surface area contributed by atoms with Gasteiger partial charge in [-0.25, -0.2) is 0 Å². The summed E-state index contributed by atoms with van der Waals surface area (Å²) in [6.07, 6.45) is 3.38. The number of nitrogens with zero attached hydrogens (tertiary/aromatic N) is 1. The molecule has 3 aromatic rings. The summed E-state index contributed by atoms with van der Waals surface area (Å²) < 4.78 is 1.05. The molecule has 2 amide bonds. The molecule has 0 radical (unpaired) electrons. The number of rotatable bonds is 5. The maximum absolute atomic E-state index is 12.5. The second-order valence-corrected chi connectivity index (χ2v) is 6.80.